The number of Topliss-reactive ketones (excluding diaryl/α,β-unsaturated/α-hetero) is 1. The molecule has 0 aliphatic heterocycles. The molecule has 0 saturated heterocycles. The van der Waals surface area contributed by atoms with Gasteiger partial charge in [0, 0.05) is 21.7 Å². The molecule has 0 spiro atoms. The van der Waals surface area contributed by atoms with E-state index < -0.39 is 5.91 Å². The molecule has 0 aromatic heterocycles. The Morgan fingerprint density at radius 2 is 1.26 bits per heavy atom. The van der Waals surface area contributed by atoms with E-state index in [9.17, 15) is 14.4 Å². The van der Waals surface area contributed by atoms with Crippen molar-refractivity contribution >= 4 is 41.1 Å². The van der Waals surface area contributed by atoms with Crippen LogP contribution in [0.3, 0.4) is 0 Å². The van der Waals surface area contributed by atoms with Gasteiger partial charge in [-0.15, -0.1) is 11.8 Å². The quantitative estimate of drug-likeness (QED) is 0.0993. The van der Waals surface area contributed by atoms with Gasteiger partial charge in [-0.2, -0.15) is 0 Å². The number of amides is 2. The predicted octanol–water partition coefficient (Wildman–Crippen LogP) is 8.05. The van der Waals surface area contributed by atoms with Gasteiger partial charge in [0.05, 0.1) is 5.75 Å². The van der Waals surface area contributed by atoms with E-state index in [1.807, 2.05) is 104 Å². The van der Waals surface area contributed by atoms with Crippen molar-refractivity contribution in [3.63, 3.8) is 0 Å². The van der Waals surface area contributed by atoms with Crippen LogP contribution in [0.25, 0.3) is 17.2 Å². The number of hydrogen-bond acceptors (Lipinski definition) is 4. The highest BCUT2D eigenvalue weighted by Gasteiger charge is 2.16. The average molecular weight is 583 g/mol. The van der Waals surface area contributed by atoms with Gasteiger partial charge in [-0.05, 0) is 71.7 Å². The molecule has 5 aromatic carbocycles. The van der Waals surface area contributed by atoms with Crippen molar-refractivity contribution in [3.05, 3.63) is 161 Å². The number of benzene rings is 5. The van der Waals surface area contributed by atoms with Gasteiger partial charge in [0.25, 0.3) is 11.8 Å². The molecule has 6 heteroatoms. The minimum atomic E-state index is -0.443. The zero-order valence-electron chi connectivity index (χ0n) is 23.6. The van der Waals surface area contributed by atoms with Crippen LogP contribution in [0.4, 0.5) is 5.69 Å². The molecule has 0 fully saturated rings. The molecule has 0 saturated carbocycles. The maximum atomic E-state index is 13.3. The van der Waals surface area contributed by atoms with E-state index in [0.29, 0.717) is 22.6 Å². The second-order valence-corrected chi connectivity index (χ2v) is 10.9. The minimum Gasteiger partial charge on any atom is -0.321 e. The lowest BCUT2D eigenvalue weighted by Crippen LogP contribution is -2.30. The summed E-state index contributed by atoms with van der Waals surface area (Å²) in [6, 6.07) is 41.4. The second kappa shape index (κ2) is 14.1. The van der Waals surface area contributed by atoms with Gasteiger partial charge >= 0.3 is 0 Å². The van der Waals surface area contributed by atoms with E-state index in [2.05, 4.69) is 10.6 Å². The van der Waals surface area contributed by atoms with Crippen LogP contribution in [-0.2, 0) is 4.79 Å². The summed E-state index contributed by atoms with van der Waals surface area (Å²) in [6.07, 6.45) is 1.67. The number of carbonyl (C=O) groups is 3. The maximum absolute atomic E-state index is 13.3. The van der Waals surface area contributed by atoms with Crippen molar-refractivity contribution in [1.29, 1.82) is 0 Å². The monoisotopic (exact) mass is 582 g/mol. The summed E-state index contributed by atoms with van der Waals surface area (Å²) in [7, 11) is 0. The minimum absolute atomic E-state index is 0.0436. The van der Waals surface area contributed by atoms with Crippen molar-refractivity contribution in [2.75, 3.05) is 11.1 Å². The van der Waals surface area contributed by atoms with Gasteiger partial charge in [0.2, 0.25) is 0 Å². The number of aryl methyl sites for hydroxylation is 1. The third kappa shape index (κ3) is 7.97. The lowest BCUT2D eigenvalue weighted by molar-refractivity contribution is -0.113. The maximum Gasteiger partial charge on any atom is 0.272 e. The number of nitrogens with one attached hydrogen (secondary N) is 2. The molecule has 5 rings (SSSR count). The smallest absolute Gasteiger partial charge is 0.272 e. The van der Waals surface area contributed by atoms with Gasteiger partial charge in [-0.1, -0.05) is 97.1 Å². The summed E-state index contributed by atoms with van der Waals surface area (Å²) in [5.41, 5.74) is 5.80. The van der Waals surface area contributed by atoms with Crippen molar-refractivity contribution < 1.29 is 14.4 Å². The third-order valence-electron chi connectivity index (χ3n) is 6.81. The van der Waals surface area contributed by atoms with Crippen molar-refractivity contribution in [2.24, 2.45) is 0 Å². The van der Waals surface area contributed by atoms with Gasteiger partial charge in [0.1, 0.15) is 5.70 Å². The van der Waals surface area contributed by atoms with Crippen LogP contribution in [0.1, 0.15) is 31.8 Å². The van der Waals surface area contributed by atoms with Crippen LogP contribution in [0.2, 0.25) is 0 Å². The van der Waals surface area contributed by atoms with Gasteiger partial charge in [-0.3, -0.25) is 14.4 Å². The number of rotatable bonds is 10. The first kappa shape index (κ1) is 29.3. The summed E-state index contributed by atoms with van der Waals surface area (Å²) < 4.78 is 0. The van der Waals surface area contributed by atoms with E-state index in [1.54, 1.807) is 42.5 Å². The molecule has 5 aromatic rings. The second-order valence-electron chi connectivity index (χ2n) is 9.87. The fraction of sp³-hybridized carbons (Fsp3) is 0.0541. The number of thioether (sulfide) groups is 1. The predicted molar refractivity (Wildman–Crippen MR) is 175 cm³/mol. The normalized spacial score (nSPS) is 11.0. The summed E-state index contributed by atoms with van der Waals surface area (Å²) in [5.74, 6) is -0.475. The van der Waals surface area contributed by atoms with Gasteiger partial charge < -0.3 is 10.6 Å². The molecule has 43 heavy (non-hydrogen) atoms. The van der Waals surface area contributed by atoms with E-state index in [4.69, 9.17) is 0 Å². The zero-order chi connectivity index (χ0) is 30.0. The molecule has 0 radical (unpaired) electrons. The van der Waals surface area contributed by atoms with Crippen LogP contribution in [-0.4, -0.2) is 23.4 Å². The highest BCUT2D eigenvalue weighted by molar-refractivity contribution is 8.00. The van der Waals surface area contributed by atoms with Crippen molar-refractivity contribution in [3.8, 4) is 11.1 Å². The lowest BCUT2D eigenvalue weighted by Gasteiger charge is -2.12. The van der Waals surface area contributed by atoms with Crippen LogP contribution in [0, 0.1) is 6.92 Å². The Morgan fingerprint density at radius 1 is 0.651 bits per heavy atom. The Morgan fingerprint density at radius 3 is 1.93 bits per heavy atom. The first-order valence-corrected chi connectivity index (χ1v) is 14.8. The summed E-state index contributed by atoms with van der Waals surface area (Å²) in [4.78, 5) is 39.9. The molecule has 2 N–H and O–H groups in total. The Labute approximate surface area is 255 Å². The third-order valence-corrected chi connectivity index (χ3v) is 7.83. The molecule has 0 aliphatic rings. The zero-order valence-corrected chi connectivity index (χ0v) is 24.4. The summed E-state index contributed by atoms with van der Waals surface area (Å²) in [5, 5.41) is 5.65. The lowest BCUT2D eigenvalue weighted by atomic mass is 10.0. The highest BCUT2D eigenvalue weighted by atomic mass is 32.2. The van der Waals surface area contributed by atoms with E-state index in [-0.39, 0.29) is 17.4 Å². The van der Waals surface area contributed by atoms with Crippen LogP contribution in [0.15, 0.2) is 144 Å². The topological polar surface area (TPSA) is 75.3 Å². The first-order valence-electron chi connectivity index (χ1n) is 13.8. The Hall–Kier alpha value is -5.20. The number of ketones is 1. The van der Waals surface area contributed by atoms with Crippen molar-refractivity contribution in [2.45, 2.75) is 11.8 Å². The Balaban J connectivity index is 1.22. The van der Waals surface area contributed by atoms with Crippen molar-refractivity contribution in [1.82, 2.24) is 5.32 Å². The van der Waals surface area contributed by atoms with Gasteiger partial charge in [0.15, 0.2) is 5.78 Å². The van der Waals surface area contributed by atoms with Gasteiger partial charge in [-0.25, -0.2) is 0 Å². The first-order chi connectivity index (χ1) is 21.0. The van der Waals surface area contributed by atoms with Crippen LogP contribution in [0.5, 0.6) is 0 Å². The van der Waals surface area contributed by atoms with E-state index in [1.165, 1.54) is 11.8 Å². The fourth-order valence-corrected chi connectivity index (χ4v) is 5.18. The number of anilines is 1. The Bertz CT molecular complexity index is 1750. The Kier molecular flexibility index (Phi) is 9.62. The molecule has 212 valence electrons. The molecule has 5 nitrogen and oxygen atoms in total. The van der Waals surface area contributed by atoms with E-state index >= 15 is 0 Å². The molecule has 0 atom stereocenters. The van der Waals surface area contributed by atoms with Crippen LogP contribution < -0.4 is 10.6 Å². The average Bonchev–Trinajstić information content (AvgIpc) is 3.05. The van der Waals surface area contributed by atoms with Crippen LogP contribution >= 0.6 is 11.8 Å². The standard InChI is InChI=1S/C37H30N2O3S/c1-26-10-8-9-15-31(26)24-34(39-36(41)30-13-6-3-7-14-30)37(42)38-32-20-22-33(23-21-32)43-25-35(40)29-18-16-28(17-19-29)27-11-4-2-5-12-27/h2-24H,25H2,1H3,(H,38,42)(H,39,41)/b34-24-. The SMILES string of the molecule is Cc1ccccc1/C=C(\NC(=O)c1ccccc1)C(=O)Nc1ccc(SCC(=O)c2ccc(-c3ccccc3)cc2)cc1. The summed E-state index contributed by atoms with van der Waals surface area (Å²) in [6.45, 7) is 1.95. The molecular formula is C37H30N2O3S. The largest absolute Gasteiger partial charge is 0.321 e. The molecule has 0 unspecified atom stereocenters. The molecule has 2 amide bonds. The van der Waals surface area contributed by atoms with E-state index in [0.717, 1.165) is 27.1 Å². The molecule has 0 aliphatic carbocycles. The molecule has 0 bridgehead atoms. The number of carbonyl (C=O) groups excluding carboxylic acids is 3. The molecule has 0 heterocycles. The molecular weight excluding hydrogens is 552 g/mol. The summed E-state index contributed by atoms with van der Waals surface area (Å²) >= 11 is 1.44. The number of hydrogen-bond donors (Lipinski definition) is 2. The fourth-order valence-electron chi connectivity index (χ4n) is 4.39. The highest BCUT2D eigenvalue weighted by Crippen LogP contribution is 2.24.